The van der Waals surface area contributed by atoms with Gasteiger partial charge in [0.1, 0.15) is 0 Å². The fourth-order valence-electron chi connectivity index (χ4n) is 3.82. The Labute approximate surface area is 143 Å². The Kier molecular flexibility index (Phi) is 4.39. The highest BCUT2D eigenvalue weighted by molar-refractivity contribution is 5.36. The molecule has 4 rings (SSSR count). The summed E-state index contributed by atoms with van der Waals surface area (Å²) in [6, 6.07) is 11.3. The molecule has 2 aromatic rings. The minimum atomic E-state index is -0.276. The molecule has 5 nitrogen and oxygen atoms in total. The lowest BCUT2D eigenvalue weighted by Gasteiger charge is -2.36. The van der Waals surface area contributed by atoms with Crippen molar-refractivity contribution in [3.63, 3.8) is 0 Å². The van der Waals surface area contributed by atoms with Crippen molar-refractivity contribution in [3.8, 4) is 5.69 Å². The molecule has 1 aromatic heterocycles. The molecular weight excluding hydrogens is 302 g/mol. The largest absolute Gasteiger partial charge is 0.348 e. The fraction of sp³-hybridized carbons (Fsp3) is 0.526. The lowest BCUT2D eigenvalue weighted by molar-refractivity contribution is -0.179. The van der Waals surface area contributed by atoms with Crippen LogP contribution in [0.2, 0.25) is 0 Å². The van der Waals surface area contributed by atoms with Gasteiger partial charge in [-0.15, -0.1) is 0 Å². The molecule has 2 fully saturated rings. The first-order valence-corrected chi connectivity index (χ1v) is 8.88. The first-order valence-electron chi connectivity index (χ1n) is 8.88. The third-order valence-electron chi connectivity index (χ3n) is 5.19. The van der Waals surface area contributed by atoms with Crippen LogP contribution in [0.25, 0.3) is 5.69 Å². The highest BCUT2D eigenvalue weighted by Gasteiger charge is 2.40. The van der Waals surface area contributed by atoms with Crippen LogP contribution >= 0.6 is 0 Å². The van der Waals surface area contributed by atoms with E-state index in [9.17, 15) is 0 Å². The predicted molar refractivity (Wildman–Crippen MR) is 92.0 cm³/mol. The molecule has 2 heterocycles. The minimum absolute atomic E-state index is 0.276. The minimum Gasteiger partial charge on any atom is -0.348 e. The monoisotopic (exact) mass is 327 g/mol. The summed E-state index contributed by atoms with van der Waals surface area (Å²) in [7, 11) is 0. The molecule has 128 valence electrons. The third kappa shape index (κ3) is 3.24. The second-order valence-electron chi connectivity index (χ2n) is 6.82. The van der Waals surface area contributed by atoms with Gasteiger partial charge in [0.25, 0.3) is 0 Å². The molecule has 1 atom stereocenters. The van der Waals surface area contributed by atoms with Gasteiger partial charge in [-0.25, -0.2) is 4.68 Å². The van der Waals surface area contributed by atoms with Crippen LogP contribution in [0, 0.1) is 0 Å². The molecule has 0 radical (unpaired) electrons. The second kappa shape index (κ2) is 6.67. The van der Waals surface area contributed by atoms with Gasteiger partial charge >= 0.3 is 0 Å². The normalized spacial score (nSPS) is 22.0. The topological polar surface area (TPSA) is 48.3 Å². The predicted octanol–water partition coefficient (Wildman–Crippen LogP) is 3.21. The molecule has 1 aliphatic carbocycles. The number of aromatic nitrogens is 2. The van der Waals surface area contributed by atoms with E-state index in [1.807, 2.05) is 16.9 Å². The summed E-state index contributed by atoms with van der Waals surface area (Å²) in [5, 5.41) is 8.08. The Balaban J connectivity index is 1.38. The van der Waals surface area contributed by atoms with Crippen molar-refractivity contribution < 1.29 is 9.47 Å². The number of hydrogen-bond acceptors (Lipinski definition) is 4. The Hall–Kier alpha value is -1.69. The quantitative estimate of drug-likeness (QED) is 0.937. The van der Waals surface area contributed by atoms with E-state index in [0.717, 1.165) is 44.6 Å². The Bertz CT molecular complexity index is 655. The van der Waals surface area contributed by atoms with E-state index in [1.54, 1.807) is 6.20 Å². The summed E-state index contributed by atoms with van der Waals surface area (Å²) >= 11 is 0. The summed E-state index contributed by atoms with van der Waals surface area (Å²) in [6.45, 7) is 3.72. The average Bonchev–Trinajstić information content (AvgIpc) is 3.30. The van der Waals surface area contributed by atoms with Gasteiger partial charge in [0.15, 0.2) is 5.79 Å². The van der Waals surface area contributed by atoms with Gasteiger partial charge < -0.3 is 14.8 Å². The number of nitrogens with zero attached hydrogens (tertiary/aromatic N) is 2. The van der Waals surface area contributed by atoms with E-state index in [1.165, 1.54) is 5.56 Å². The molecule has 5 heteroatoms. The van der Waals surface area contributed by atoms with Crippen molar-refractivity contribution >= 4 is 0 Å². The highest BCUT2D eigenvalue weighted by atomic mass is 16.7. The van der Waals surface area contributed by atoms with Gasteiger partial charge in [-0.05, 0) is 43.5 Å². The molecular formula is C19H25N3O2. The molecule has 1 saturated carbocycles. The first-order chi connectivity index (χ1) is 11.7. The van der Waals surface area contributed by atoms with Crippen LogP contribution in [0.3, 0.4) is 0 Å². The van der Waals surface area contributed by atoms with Crippen molar-refractivity contribution in [3.05, 3.63) is 48.3 Å². The van der Waals surface area contributed by atoms with E-state index in [4.69, 9.17) is 9.47 Å². The van der Waals surface area contributed by atoms with E-state index in [-0.39, 0.29) is 5.79 Å². The van der Waals surface area contributed by atoms with Gasteiger partial charge in [0.2, 0.25) is 0 Å². The molecule has 0 bridgehead atoms. The van der Waals surface area contributed by atoms with Gasteiger partial charge in [-0.2, -0.15) is 5.10 Å². The van der Waals surface area contributed by atoms with Crippen LogP contribution in [-0.2, 0) is 9.47 Å². The van der Waals surface area contributed by atoms with Crippen LogP contribution in [0.5, 0.6) is 0 Å². The van der Waals surface area contributed by atoms with Gasteiger partial charge in [0.05, 0.1) is 18.9 Å². The molecule has 1 aromatic carbocycles. The molecule has 1 aliphatic heterocycles. The summed E-state index contributed by atoms with van der Waals surface area (Å²) in [5.41, 5.74) is 2.39. The molecule has 0 amide bonds. The maximum atomic E-state index is 5.82. The Morgan fingerprint density at radius 2 is 2.00 bits per heavy atom. The van der Waals surface area contributed by atoms with E-state index < -0.39 is 0 Å². The SMILES string of the molecule is CC(NC1CCC2(CC1)OCCO2)c1cccc(-n2cccn2)c1. The smallest absolute Gasteiger partial charge is 0.168 e. The van der Waals surface area contributed by atoms with E-state index in [2.05, 4.69) is 41.6 Å². The van der Waals surface area contributed by atoms with Gasteiger partial charge in [-0.3, -0.25) is 0 Å². The molecule has 1 spiro atoms. The van der Waals surface area contributed by atoms with Crippen molar-refractivity contribution in [2.24, 2.45) is 0 Å². The zero-order valence-electron chi connectivity index (χ0n) is 14.1. The number of benzene rings is 1. The number of hydrogen-bond donors (Lipinski definition) is 1. The number of ether oxygens (including phenoxy) is 2. The van der Waals surface area contributed by atoms with Crippen LogP contribution in [-0.4, -0.2) is 34.8 Å². The maximum Gasteiger partial charge on any atom is 0.168 e. The van der Waals surface area contributed by atoms with Crippen LogP contribution in [0.15, 0.2) is 42.7 Å². The van der Waals surface area contributed by atoms with Crippen molar-refractivity contribution in [1.82, 2.24) is 15.1 Å². The molecule has 1 saturated heterocycles. The fourth-order valence-corrected chi connectivity index (χ4v) is 3.82. The van der Waals surface area contributed by atoms with Gasteiger partial charge in [-0.1, -0.05) is 12.1 Å². The summed E-state index contributed by atoms with van der Waals surface area (Å²) in [5.74, 6) is -0.276. The summed E-state index contributed by atoms with van der Waals surface area (Å²) < 4.78 is 13.5. The lowest BCUT2D eigenvalue weighted by Crippen LogP contribution is -2.42. The van der Waals surface area contributed by atoms with E-state index in [0.29, 0.717) is 12.1 Å². The van der Waals surface area contributed by atoms with Crippen molar-refractivity contribution in [2.45, 2.75) is 50.5 Å². The Morgan fingerprint density at radius 3 is 2.71 bits per heavy atom. The number of rotatable bonds is 4. The average molecular weight is 327 g/mol. The van der Waals surface area contributed by atoms with E-state index >= 15 is 0 Å². The third-order valence-corrected chi connectivity index (χ3v) is 5.19. The van der Waals surface area contributed by atoms with Crippen molar-refractivity contribution in [2.75, 3.05) is 13.2 Å². The maximum absolute atomic E-state index is 5.82. The second-order valence-corrected chi connectivity index (χ2v) is 6.82. The molecule has 1 unspecified atom stereocenters. The summed E-state index contributed by atoms with van der Waals surface area (Å²) in [4.78, 5) is 0. The van der Waals surface area contributed by atoms with Crippen LogP contribution < -0.4 is 5.32 Å². The van der Waals surface area contributed by atoms with Crippen molar-refractivity contribution in [1.29, 1.82) is 0 Å². The zero-order chi connectivity index (χ0) is 16.4. The highest BCUT2D eigenvalue weighted by Crippen LogP contribution is 2.36. The molecule has 2 aliphatic rings. The lowest BCUT2D eigenvalue weighted by atomic mass is 9.89. The molecule has 1 N–H and O–H groups in total. The number of nitrogens with one attached hydrogen (secondary N) is 1. The summed E-state index contributed by atoms with van der Waals surface area (Å²) in [6.07, 6.45) is 7.96. The van der Waals surface area contributed by atoms with Crippen LogP contribution in [0.4, 0.5) is 0 Å². The van der Waals surface area contributed by atoms with Gasteiger partial charge in [0, 0.05) is 37.3 Å². The molecule has 24 heavy (non-hydrogen) atoms. The van der Waals surface area contributed by atoms with Crippen LogP contribution in [0.1, 0.15) is 44.2 Å². The standard InChI is InChI=1S/C19H25N3O2/c1-15(16-4-2-5-18(14-16)22-11-3-10-20-22)21-17-6-8-19(9-7-17)23-12-13-24-19/h2-5,10-11,14-15,17,21H,6-9,12-13H2,1H3. The zero-order valence-corrected chi connectivity index (χ0v) is 14.1. The Morgan fingerprint density at radius 1 is 1.21 bits per heavy atom. The first kappa shape index (κ1) is 15.8.